The van der Waals surface area contributed by atoms with Crippen molar-refractivity contribution in [3.8, 4) is 17.2 Å². The van der Waals surface area contributed by atoms with Crippen LogP contribution in [0.1, 0.15) is 24.2 Å². The van der Waals surface area contributed by atoms with Crippen LogP contribution in [0.5, 0.6) is 17.2 Å². The summed E-state index contributed by atoms with van der Waals surface area (Å²) >= 11 is 0. The summed E-state index contributed by atoms with van der Waals surface area (Å²) in [5, 5.41) is 16.5. The van der Waals surface area contributed by atoms with E-state index in [0.717, 1.165) is 5.56 Å². The van der Waals surface area contributed by atoms with Crippen LogP contribution in [-0.2, 0) is 6.54 Å². The normalized spacial score (nSPS) is 12.0. The van der Waals surface area contributed by atoms with Crippen LogP contribution in [-0.4, -0.2) is 45.0 Å². The number of halogens is 3. The predicted molar refractivity (Wildman–Crippen MR) is 126 cm³/mol. The van der Waals surface area contributed by atoms with Crippen molar-refractivity contribution in [1.82, 2.24) is 10.6 Å². The number of nitrogens with one attached hydrogen (secondary N) is 2. The molecule has 2 aromatic rings. The third-order valence-electron chi connectivity index (χ3n) is 4.20. The van der Waals surface area contributed by atoms with Gasteiger partial charge in [0.15, 0.2) is 5.96 Å². The zero-order valence-corrected chi connectivity index (χ0v) is 19.9. The average Bonchev–Trinajstić information content (AvgIpc) is 2.75. The minimum atomic E-state index is -2.94. The highest BCUT2D eigenvalue weighted by molar-refractivity contribution is 14.0. The van der Waals surface area contributed by atoms with E-state index in [-0.39, 0.29) is 42.8 Å². The van der Waals surface area contributed by atoms with Crippen LogP contribution >= 0.6 is 24.0 Å². The molecule has 0 radical (unpaired) electrons. The van der Waals surface area contributed by atoms with Gasteiger partial charge in [-0.2, -0.15) is 8.78 Å². The van der Waals surface area contributed by atoms with Gasteiger partial charge in [0, 0.05) is 18.7 Å². The fourth-order valence-corrected chi connectivity index (χ4v) is 2.66. The number of ether oxygens (including phenoxy) is 3. The maximum absolute atomic E-state index is 12.7. The van der Waals surface area contributed by atoms with Crippen molar-refractivity contribution >= 4 is 29.9 Å². The fourth-order valence-electron chi connectivity index (χ4n) is 2.66. The van der Waals surface area contributed by atoms with E-state index in [9.17, 15) is 13.9 Å². The minimum absolute atomic E-state index is 0. The molecule has 0 fully saturated rings. The second-order valence-electron chi connectivity index (χ2n) is 6.22. The van der Waals surface area contributed by atoms with Gasteiger partial charge in [-0.1, -0.05) is 12.1 Å². The topological polar surface area (TPSA) is 84.3 Å². The van der Waals surface area contributed by atoms with Crippen molar-refractivity contribution in [2.24, 2.45) is 4.99 Å². The van der Waals surface area contributed by atoms with Gasteiger partial charge in [-0.3, -0.25) is 0 Å². The molecule has 0 saturated heterocycles. The van der Waals surface area contributed by atoms with Crippen molar-refractivity contribution in [3.05, 3.63) is 53.6 Å². The van der Waals surface area contributed by atoms with Crippen LogP contribution < -0.4 is 24.8 Å². The van der Waals surface area contributed by atoms with Gasteiger partial charge in [0.25, 0.3) is 0 Å². The van der Waals surface area contributed by atoms with Gasteiger partial charge in [0.1, 0.15) is 17.2 Å². The second kappa shape index (κ2) is 13.9. The molecule has 10 heteroatoms. The van der Waals surface area contributed by atoms with E-state index in [1.165, 1.54) is 13.2 Å². The van der Waals surface area contributed by atoms with Crippen molar-refractivity contribution in [1.29, 1.82) is 0 Å². The van der Waals surface area contributed by atoms with E-state index in [1.54, 1.807) is 43.5 Å². The molecular formula is C21H28F2IN3O4. The molecule has 2 rings (SSSR count). The first kappa shape index (κ1) is 26.7. The molecule has 0 aliphatic carbocycles. The van der Waals surface area contributed by atoms with Crippen molar-refractivity contribution in [2.75, 3.05) is 27.3 Å². The summed E-state index contributed by atoms with van der Waals surface area (Å²) in [4.78, 5) is 4.40. The molecule has 172 valence electrons. The molecule has 0 aliphatic heterocycles. The molecule has 0 saturated carbocycles. The Labute approximate surface area is 197 Å². The number of aliphatic hydroxyl groups is 1. The number of alkyl halides is 2. The van der Waals surface area contributed by atoms with Gasteiger partial charge in [-0.25, -0.2) is 4.99 Å². The molecule has 2 aromatic carbocycles. The Hall–Kier alpha value is -2.34. The molecule has 31 heavy (non-hydrogen) atoms. The number of methoxy groups -OCH3 is 2. The highest BCUT2D eigenvalue weighted by Crippen LogP contribution is 2.26. The first-order valence-corrected chi connectivity index (χ1v) is 9.42. The maximum atomic E-state index is 12.7. The van der Waals surface area contributed by atoms with Gasteiger partial charge < -0.3 is 30.0 Å². The number of hydrogen-bond donors (Lipinski definition) is 3. The summed E-state index contributed by atoms with van der Waals surface area (Å²) in [6, 6.07) is 11.6. The zero-order valence-electron chi connectivity index (χ0n) is 17.6. The minimum Gasteiger partial charge on any atom is -0.497 e. The van der Waals surface area contributed by atoms with E-state index >= 15 is 0 Å². The molecule has 7 nitrogen and oxygen atoms in total. The van der Waals surface area contributed by atoms with Gasteiger partial charge in [0.05, 0.1) is 26.9 Å². The number of guanidine groups is 1. The van der Waals surface area contributed by atoms with E-state index in [0.29, 0.717) is 29.6 Å². The molecule has 3 N–H and O–H groups in total. The third-order valence-corrected chi connectivity index (χ3v) is 4.20. The van der Waals surface area contributed by atoms with E-state index < -0.39 is 12.7 Å². The first-order valence-electron chi connectivity index (χ1n) is 9.42. The SMILES string of the molecule is CCNC(=NCc1cc(OC)ccc1OC(F)F)NCC(O)c1ccc(OC)cc1.I. The molecule has 0 bridgehead atoms. The summed E-state index contributed by atoms with van der Waals surface area (Å²) in [5.74, 6) is 1.67. The van der Waals surface area contributed by atoms with Crippen LogP contribution in [0.4, 0.5) is 8.78 Å². The largest absolute Gasteiger partial charge is 0.497 e. The Morgan fingerprint density at radius 2 is 1.68 bits per heavy atom. The number of rotatable bonds is 10. The number of aliphatic imine (C=N–C) groups is 1. The molecule has 0 heterocycles. The lowest BCUT2D eigenvalue weighted by atomic mass is 10.1. The summed E-state index contributed by atoms with van der Waals surface area (Å²) in [7, 11) is 3.06. The molecular weight excluding hydrogens is 523 g/mol. The summed E-state index contributed by atoms with van der Waals surface area (Å²) in [6.07, 6.45) is -0.769. The monoisotopic (exact) mass is 551 g/mol. The van der Waals surface area contributed by atoms with Gasteiger partial charge in [-0.05, 0) is 42.8 Å². The third kappa shape index (κ3) is 8.74. The maximum Gasteiger partial charge on any atom is 0.387 e. The average molecular weight is 551 g/mol. The summed E-state index contributed by atoms with van der Waals surface area (Å²) in [5.41, 5.74) is 1.17. The number of hydrogen-bond acceptors (Lipinski definition) is 5. The van der Waals surface area contributed by atoms with E-state index in [2.05, 4.69) is 20.4 Å². The highest BCUT2D eigenvalue weighted by atomic mass is 127. The van der Waals surface area contributed by atoms with Crippen LogP contribution in [0.3, 0.4) is 0 Å². The molecule has 1 unspecified atom stereocenters. The quantitative estimate of drug-likeness (QED) is 0.237. The smallest absolute Gasteiger partial charge is 0.387 e. The van der Waals surface area contributed by atoms with E-state index in [4.69, 9.17) is 9.47 Å². The van der Waals surface area contributed by atoms with Gasteiger partial charge in [-0.15, -0.1) is 24.0 Å². The standard InChI is InChI=1S/C21H27F2N3O4.HI/c1-4-24-21(26-13-18(27)14-5-7-16(28-2)8-6-14)25-12-15-11-17(29-3)9-10-19(15)30-20(22)23;/h5-11,18,20,27H,4,12-13H2,1-3H3,(H2,24,25,26);1H. The molecule has 0 spiro atoms. The predicted octanol–water partition coefficient (Wildman–Crippen LogP) is 3.71. The highest BCUT2D eigenvalue weighted by Gasteiger charge is 2.12. The number of nitrogens with zero attached hydrogens (tertiary/aromatic N) is 1. The lowest BCUT2D eigenvalue weighted by molar-refractivity contribution is -0.0504. The lowest BCUT2D eigenvalue weighted by Gasteiger charge is -2.16. The van der Waals surface area contributed by atoms with Crippen LogP contribution in [0.25, 0.3) is 0 Å². The van der Waals surface area contributed by atoms with Crippen molar-refractivity contribution < 1.29 is 28.1 Å². The van der Waals surface area contributed by atoms with Crippen LogP contribution in [0.2, 0.25) is 0 Å². The Balaban J connectivity index is 0.00000480. The first-order chi connectivity index (χ1) is 14.5. The number of aliphatic hydroxyl groups excluding tert-OH is 1. The number of benzene rings is 2. The second-order valence-corrected chi connectivity index (χ2v) is 6.22. The molecule has 1 atom stereocenters. The molecule has 0 aromatic heterocycles. The summed E-state index contributed by atoms with van der Waals surface area (Å²) in [6.45, 7) is -0.173. The fraction of sp³-hybridized carbons (Fsp3) is 0.381. The summed E-state index contributed by atoms with van der Waals surface area (Å²) < 4.78 is 40.2. The van der Waals surface area contributed by atoms with Crippen molar-refractivity contribution in [2.45, 2.75) is 26.2 Å². The van der Waals surface area contributed by atoms with Crippen LogP contribution in [0.15, 0.2) is 47.5 Å². The molecule has 0 aliphatic rings. The van der Waals surface area contributed by atoms with Crippen molar-refractivity contribution in [3.63, 3.8) is 0 Å². The molecule has 0 amide bonds. The van der Waals surface area contributed by atoms with Crippen LogP contribution in [0, 0.1) is 0 Å². The Bertz CT molecular complexity index is 823. The zero-order chi connectivity index (χ0) is 21.9. The van der Waals surface area contributed by atoms with E-state index in [1.807, 2.05) is 6.92 Å². The Morgan fingerprint density at radius 3 is 2.26 bits per heavy atom. The van der Waals surface area contributed by atoms with Gasteiger partial charge >= 0.3 is 6.61 Å². The van der Waals surface area contributed by atoms with Gasteiger partial charge in [0.2, 0.25) is 0 Å². The lowest BCUT2D eigenvalue weighted by Crippen LogP contribution is -2.39. The Morgan fingerprint density at radius 1 is 1.03 bits per heavy atom. The Kier molecular flexibility index (Phi) is 11.9.